The second-order valence-electron chi connectivity index (χ2n) is 20.0. The Kier molecular flexibility index (Phi) is 44.3. The summed E-state index contributed by atoms with van der Waals surface area (Å²) in [4.78, 5) is 40.9. The van der Waals surface area contributed by atoms with Crippen LogP contribution in [0, 0.1) is 17.8 Å². The van der Waals surface area contributed by atoms with Gasteiger partial charge in [-0.3, -0.25) is 14.4 Å². The van der Waals surface area contributed by atoms with E-state index in [-0.39, 0.29) is 11.9 Å². The Morgan fingerprint density at radius 3 is 0.698 bits per heavy atom. The Bertz CT molecular complexity index is 943. The molecule has 63 heavy (non-hydrogen) atoms. The van der Waals surface area contributed by atoms with Crippen molar-refractivity contribution in [2.75, 3.05) is 19.8 Å². The molecule has 0 aromatic heterocycles. The summed E-state index contributed by atoms with van der Waals surface area (Å²) >= 11 is 0. The van der Waals surface area contributed by atoms with Gasteiger partial charge in [-0.1, -0.05) is 278 Å². The molecule has 1 saturated carbocycles. The quantitative estimate of drug-likeness (QED) is 0.0344. The Labute approximate surface area is 392 Å². The first-order chi connectivity index (χ1) is 31.1. The average Bonchev–Trinajstić information content (AvgIpc) is 3.29. The number of hydrogen-bond acceptors (Lipinski definition) is 6. The zero-order valence-corrected chi connectivity index (χ0v) is 42.6. The molecule has 0 N–H and O–H groups in total. The van der Waals surface area contributed by atoms with Crippen molar-refractivity contribution in [2.24, 2.45) is 17.8 Å². The highest BCUT2D eigenvalue weighted by Crippen LogP contribution is 2.38. The molecule has 2 unspecified atom stereocenters. The highest BCUT2D eigenvalue weighted by atomic mass is 16.5. The average molecular weight is 889 g/mol. The maximum absolute atomic E-state index is 13.7. The van der Waals surface area contributed by atoms with E-state index in [1.54, 1.807) is 0 Å². The van der Waals surface area contributed by atoms with E-state index in [1.807, 2.05) is 0 Å². The van der Waals surface area contributed by atoms with Crippen LogP contribution in [-0.2, 0) is 28.6 Å². The Balaban J connectivity index is 2.44. The third kappa shape index (κ3) is 36.2. The Morgan fingerprint density at radius 2 is 0.476 bits per heavy atom. The van der Waals surface area contributed by atoms with E-state index in [0.717, 1.165) is 44.9 Å². The van der Waals surface area contributed by atoms with Crippen molar-refractivity contribution in [2.45, 2.75) is 310 Å². The maximum Gasteiger partial charge on any atom is 0.310 e. The maximum atomic E-state index is 13.7. The van der Waals surface area contributed by atoms with Crippen molar-refractivity contribution >= 4 is 17.9 Å². The minimum Gasteiger partial charge on any atom is -0.465 e. The summed E-state index contributed by atoms with van der Waals surface area (Å²) in [6, 6.07) is 0. The third-order valence-corrected chi connectivity index (χ3v) is 14.0. The molecule has 1 aliphatic rings. The van der Waals surface area contributed by atoms with Crippen LogP contribution in [0.4, 0.5) is 0 Å². The lowest BCUT2D eigenvalue weighted by Crippen LogP contribution is -2.44. The summed E-state index contributed by atoms with van der Waals surface area (Å²) in [6.45, 7) is 7.92. The molecule has 1 aliphatic carbocycles. The first-order valence-corrected chi connectivity index (χ1v) is 28.6. The van der Waals surface area contributed by atoms with Gasteiger partial charge in [-0.05, 0) is 32.1 Å². The van der Waals surface area contributed by atoms with Crippen LogP contribution in [0.25, 0.3) is 0 Å². The van der Waals surface area contributed by atoms with E-state index in [2.05, 4.69) is 20.8 Å². The molecule has 1 fully saturated rings. The van der Waals surface area contributed by atoms with Crippen LogP contribution in [0.2, 0.25) is 0 Å². The molecule has 0 aliphatic heterocycles. The molecule has 0 aromatic carbocycles. The molecule has 6 heteroatoms. The van der Waals surface area contributed by atoms with Gasteiger partial charge in [0.2, 0.25) is 0 Å². The molecule has 0 bridgehead atoms. The molecule has 0 heterocycles. The van der Waals surface area contributed by atoms with E-state index in [1.165, 1.54) is 225 Å². The van der Waals surface area contributed by atoms with Gasteiger partial charge in [0.15, 0.2) is 0 Å². The van der Waals surface area contributed by atoms with Crippen LogP contribution in [-0.4, -0.2) is 37.7 Å². The summed E-state index contributed by atoms with van der Waals surface area (Å²) < 4.78 is 17.5. The van der Waals surface area contributed by atoms with E-state index < -0.39 is 23.7 Å². The van der Waals surface area contributed by atoms with Crippen molar-refractivity contribution in [1.82, 2.24) is 0 Å². The molecule has 0 saturated heterocycles. The molecule has 0 aromatic rings. The predicted octanol–water partition coefficient (Wildman–Crippen LogP) is 18.1. The first kappa shape index (κ1) is 59.4. The van der Waals surface area contributed by atoms with Gasteiger partial charge in [0.1, 0.15) is 0 Å². The van der Waals surface area contributed by atoms with Gasteiger partial charge >= 0.3 is 17.9 Å². The van der Waals surface area contributed by atoms with E-state index >= 15 is 0 Å². The zero-order chi connectivity index (χ0) is 45.5. The summed E-state index contributed by atoms with van der Waals surface area (Å²) in [5.74, 6) is -3.21. The van der Waals surface area contributed by atoms with Crippen molar-refractivity contribution in [3.05, 3.63) is 0 Å². The first-order valence-electron chi connectivity index (χ1n) is 28.6. The SMILES string of the molecule is CCCCCCCCCCCCCCCCOC(=O)C1CCCC(C(=O)OCCCCCCCCCCCCCCCC)C1C(=O)OCCCCCCCCCCCCCCCC. The molecule has 2 atom stereocenters. The number of ether oxygens (including phenoxy) is 3. The van der Waals surface area contributed by atoms with Crippen molar-refractivity contribution in [3.63, 3.8) is 0 Å². The summed E-state index contributed by atoms with van der Waals surface area (Å²) in [5, 5.41) is 0. The van der Waals surface area contributed by atoms with Gasteiger partial charge in [0, 0.05) is 0 Å². The molecule has 1 rings (SSSR count). The van der Waals surface area contributed by atoms with Crippen LogP contribution in [0.15, 0.2) is 0 Å². The second kappa shape index (κ2) is 46.9. The van der Waals surface area contributed by atoms with Gasteiger partial charge in [0.05, 0.1) is 37.6 Å². The largest absolute Gasteiger partial charge is 0.465 e. The van der Waals surface area contributed by atoms with Gasteiger partial charge < -0.3 is 14.2 Å². The predicted molar refractivity (Wildman–Crippen MR) is 268 cm³/mol. The van der Waals surface area contributed by atoms with Gasteiger partial charge in [-0.25, -0.2) is 0 Å². The van der Waals surface area contributed by atoms with Crippen molar-refractivity contribution in [1.29, 1.82) is 0 Å². The Hall–Kier alpha value is -1.59. The minimum absolute atomic E-state index is 0.340. The van der Waals surface area contributed by atoms with Crippen molar-refractivity contribution < 1.29 is 28.6 Å². The van der Waals surface area contributed by atoms with Gasteiger partial charge in [0.25, 0.3) is 0 Å². The fraction of sp³-hybridized carbons (Fsp3) is 0.947. The summed E-state index contributed by atoms with van der Waals surface area (Å²) in [6.07, 6.45) is 55.4. The Morgan fingerprint density at radius 1 is 0.286 bits per heavy atom. The van der Waals surface area contributed by atoms with Crippen LogP contribution in [0.1, 0.15) is 310 Å². The highest BCUT2D eigenvalue weighted by molar-refractivity contribution is 5.87. The molecule has 0 amide bonds. The van der Waals surface area contributed by atoms with Crippen LogP contribution < -0.4 is 0 Å². The summed E-state index contributed by atoms with van der Waals surface area (Å²) in [7, 11) is 0. The van der Waals surface area contributed by atoms with Gasteiger partial charge in [-0.2, -0.15) is 0 Å². The second-order valence-corrected chi connectivity index (χ2v) is 20.0. The van der Waals surface area contributed by atoms with Crippen LogP contribution >= 0.6 is 0 Å². The summed E-state index contributed by atoms with van der Waals surface area (Å²) in [5.41, 5.74) is 0. The molecular weight excluding hydrogens is 781 g/mol. The van der Waals surface area contributed by atoms with E-state index in [4.69, 9.17) is 14.2 Å². The molecule has 6 nitrogen and oxygen atoms in total. The fourth-order valence-corrected chi connectivity index (χ4v) is 9.77. The number of hydrogen-bond donors (Lipinski definition) is 0. The van der Waals surface area contributed by atoms with Gasteiger partial charge in [-0.15, -0.1) is 0 Å². The smallest absolute Gasteiger partial charge is 0.310 e. The fourth-order valence-electron chi connectivity index (χ4n) is 9.77. The number of unbranched alkanes of at least 4 members (excludes halogenated alkanes) is 39. The van der Waals surface area contributed by atoms with Crippen LogP contribution in [0.3, 0.4) is 0 Å². The minimum atomic E-state index is -0.821. The number of rotatable bonds is 48. The van der Waals surface area contributed by atoms with E-state index in [9.17, 15) is 14.4 Å². The lowest BCUT2D eigenvalue weighted by Gasteiger charge is -2.34. The molecule has 0 spiro atoms. The number of carbonyl (C=O) groups excluding carboxylic acids is 3. The lowest BCUT2D eigenvalue weighted by atomic mass is 9.72. The normalized spacial score (nSPS) is 16.3. The highest BCUT2D eigenvalue weighted by Gasteiger charge is 2.47. The topological polar surface area (TPSA) is 78.9 Å². The molecular formula is C57H108O6. The van der Waals surface area contributed by atoms with Crippen LogP contribution in [0.5, 0.6) is 0 Å². The van der Waals surface area contributed by atoms with E-state index in [0.29, 0.717) is 39.1 Å². The third-order valence-electron chi connectivity index (χ3n) is 14.0. The zero-order valence-electron chi connectivity index (χ0n) is 42.6. The molecule has 0 radical (unpaired) electrons. The number of esters is 3. The standard InChI is InChI=1S/C57H108O6/c1-4-7-10-13-16-19-22-25-28-31-34-37-40-43-49-61-55(58)52-47-46-48-53(56(59)62-50-44-41-38-35-32-29-26-23-20-17-14-11-8-5-2)54(52)57(60)63-51-45-42-39-36-33-30-27-24-21-18-15-12-9-6-3/h52-54H,4-51H2,1-3H3. The lowest BCUT2D eigenvalue weighted by molar-refractivity contribution is -0.172. The molecule has 372 valence electrons. The monoisotopic (exact) mass is 889 g/mol. The van der Waals surface area contributed by atoms with Crippen molar-refractivity contribution in [3.8, 4) is 0 Å². The number of carbonyl (C=O) groups is 3.